The molecule has 0 spiro atoms. The number of hydrogen-bond acceptors (Lipinski definition) is 3. The first kappa shape index (κ1) is 12.5. The lowest BCUT2D eigenvalue weighted by atomic mass is 10.0. The van der Waals surface area contributed by atoms with Gasteiger partial charge in [-0.15, -0.1) is 0 Å². The number of piperidine rings is 1. The number of ether oxygens (including phenoxy) is 1. The summed E-state index contributed by atoms with van der Waals surface area (Å²) < 4.78 is 5.30. The highest BCUT2D eigenvalue weighted by atomic mass is 16.6. The fourth-order valence-corrected chi connectivity index (χ4v) is 1.99. The maximum Gasteiger partial charge on any atom is 0.320 e. The smallest absolute Gasteiger partial charge is 0.320 e. The van der Waals surface area contributed by atoms with Gasteiger partial charge in [0.05, 0.1) is 6.54 Å². The Morgan fingerprint density at radius 3 is 2.67 bits per heavy atom. The molecule has 1 unspecified atom stereocenters. The van der Waals surface area contributed by atoms with E-state index in [-0.39, 0.29) is 11.6 Å². The fraction of sp³-hybridized carbons (Fsp3) is 0.917. The number of hydrogen-bond donors (Lipinski definition) is 0. The van der Waals surface area contributed by atoms with Gasteiger partial charge in [0.25, 0.3) is 0 Å². The minimum atomic E-state index is -0.363. The molecule has 1 rings (SSSR count). The Morgan fingerprint density at radius 2 is 2.13 bits per heavy atom. The number of carbonyl (C=O) groups is 1. The van der Waals surface area contributed by atoms with E-state index in [1.165, 1.54) is 12.8 Å². The Kier molecular flexibility index (Phi) is 4.14. The van der Waals surface area contributed by atoms with Crippen LogP contribution in [0.5, 0.6) is 0 Å². The van der Waals surface area contributed by atoms with E-state index in [0.29, 0.717) is 12.5 Å². The maximum atomic E-state index is 11.6. The summed E-state index contributed by atoms with van der Waals surface area (Å²) in [5.41, 5.74) is -0.363. The molecule has 1 saturated heterocycles. The van der Waals surface area contributed by atoms with Crippen molar-refractivity contribution in [3.8, 4) is 0 Å². The molecule has 0 aromatic carbocycles. The Hall–Kier alpha value is -0.570. The van der Waals surface area contributed by atoms with E-state index < -0.39 is 0 Å². The van der Waals surface area contributed by atoms with Gasteiger partial charge in [0, 0.05) is 6.54 Å². The predicted octanol–water partition coefficient (Wildman–Crippen LogP) is 2.06. The van der Waals surface area contributed by atoms with Crippen molar-refractivity contribution < 1.29 is 9.53 Å². The normalized spacial score (nSPS) is 23.9. The molecule has 0 bridgehead atoms. The van der Waals surface area contributed by atoms with Crippen molar-refractivity contribution in [2.24, 2.45) is 5.92 Å². The van der Waals surface area contributed by atoms with Gasteiger partial charge in [0.15, 0.2) is 0 Å². The minimum Gasteiger partial charge on any atom is -0.459 e. The summed E-state index contributed by atoms with van der Waals surface area (Å²) in [6, 6.07) is 0. The monoisotopic (exact) mass is 213 g/mol. The molecule has 0 saturated carbocycles. The van der Waals surface area contributed by atoms with Gasteiger partial charge in [0.2, 0.25) is 0 Å². The van der Waals surface area contributed by atoms with Crippen LogP contribution in [0.3, 0.4) is 0 Å². The molecule has 0 radical (unpaired) electrons. The highest BCUT2D eigenvalue weighted by molar-refractivity contribution is 5.72. The van der Waals surface area contributed by atoms with Crippen molar-refractivity contribution in [2.75, 3.05) is 19.6 Å². The second-order valence-corrected chi connectivity index (χ2v) is 5.57. The van der Waals surface area contributed by atoms with Gasteiger partial charge >= 0.3 is 5.97 Å². The van der Waals surface area contributed by atoms with Gasteiger partial charge < -0.3 is 4.74 Å². The summed E-state index contributed by atoms with van der Waals surface area (Å²) >= 11 is 0. The molecular weight excluding hydrogens is 190 g/mol. The third-order valence-corrected chi connectivity index (χ3v) is 2.51. The molecule has 3 nitrogen and oxygen atoms in total. The van der Waals surface area contributed by atoms with Crippen LogP contribution in [0, 0.1) is 5.92 Å². The van der Waals surface area contributed by atoms with Crippen LogP contribution in [0.1, 0.15) is 40.5 Å². The lowest BCUT2D eigenvalue weighted by molar-refractivity contribution is -0.156. The lowest BCUT2D eigenvalue weighted by Crippen LogP contribution is -2.40. The summed E-state index contributed by atoms with van der Waals surface area (Å²) in [4.78, 5) is 13.8. The third-order valence-electron chi connectivity index (χ3n) is 2.51. The quantitative estimate of drug-likeness (QED) is 0.658. The zero-order chi connectivity index (χ0) is 11.5. The highest BCUT2D eigenvalue weighted by Crippen LogP contribution is 2.15. The molecule has 1 aliphatic rings. The molecule has 0 aromatic heterocycles. The minimum absolute atomic E-state index is 0.100. The van der Waals surface area contributed by atoms with Crippen molar-refractivity contribution >= 4 is 5.97 Å². The van der Waals surface area contributed by atoms with Crippen LogP contribution in [0.25, 0.3) is 0 Å². The SMILES string of the molecule is CC1CCCN(CC(=O)OC(C)(C)C)C1. The van der Waals surface area contributed by atoms with E-state index >= 15 is 0 Å². The average Bonchev–Trinajstić information content (AvgIpc) is 1.99. The molecule has 0 N–H and O–H groups in total. The van der Waals surface area contributed by atoms with Crippen molar-refractivity contribution in [1.82, 2.24) is 4.90 Å². The number of likely N-dealkylation sites (tertiary alicyclic amines) is 1. The van der Waals surface area contributed by atoms with Crippen LogP contribution in [0.15, 0.2) is 0 Å². The molecule has 15 heavy (non-hydrogen) atoms. The van der Waals surface area contributed by atoms with E-state index in [2.05, 4.69) is 11.8 Å². The van der Waals surface area contributed by atoms with Crippen LogP contribution in [0.2, 0.25) is 0 Å². The predicted molar refractivity (Wildman–Crippen MR) is 60.7 cm³/mol. The summed E-state index contributed by atoms with van der Waals surface area (Å²) in [7, 11) is 0. The number of rotatable bonds is 2. The molecule has 88 valence electrons. The highest BCUT2D eigenvalue weighted by Gasteiger charge is 2.22. The van der Waals surface area contributed by atoms with Crippen molar-refractivity contribution in [1.29, 1.82) is 0 Å². The zero-order valence-corrected chi connectivity index (χ0v) is 10.4. The summed E-state index contributed by atoms with van der Waals surface area (Å²) in [5.74, 6) is 0.609. The number of carbonyl (C=O) groups excluding carboxylic acids is 1. The molecule has 0 aromatic rings. The van der Waals surface area contributed by atoms with Gasteiger partial charge in [0.1, 0.15) is 5.60 Å². The first-order valence-corrected chi connectivity index (χ1v) is 5.81. The van der Waals surface area contributed by atoms with Crippen LogP contribution in [-0.2, 0) is 9.53 Å². The first-order chi connectivity index (χ1) is 6.87. The lowest BCUT2D eigenvalue weighted by Gasteiger charge is -2.31. The second kappa shape index (κ2) is 4.97. The fourth-order valence-electron chi connectivity index (χ4n) is 1.99. The van der Waals surface area contributed by atoms with Gasteiger partial charge in [-0.2, -0.15) is 0 Å². The van der Waals surface area contributed by atoms with E-state index in [0.717, 1.165) is 13.1 Å². The van der Waals surface area contributed by atoms with E-state index in [9.17, 15) is 4.79 Å². The molecule has 0 aliphatic carbocycles. The molecule has 0 amide bonds. The van der Waals surface area contributed by atoms with E-state index in [1.807, 2.05) is 20.8 Å². The van der Waals surface area contributed by atoms with Crippen molar-refractivity contribution in [3.05, 3.63) is 0 Å². The second-order valence-electron chi connectivity index (χ2n) is 5.57. The van der Waals surface area contributed by atoms with Crippen molar-refractivity contribution in [2.45, 2.75) is 46.1 Å². The molecule has 3 heteroatoms. The molecule has 1 heterocycles. The Morgan fingerprint density at radius 1 is 1.47 bits per heavy atom. The molecule has 1 fully saturated rings. The first-order valence-electron chi connectivity index (χ1n) is 5.81. The summed E-state index contributed by atoms with van der Waals surface area (Å²) in [6.07, 6.45) is 2.48. The van der Waals surface area contributed by atoms with Crippen LogP contribution in [-0.4, -0.2) is 36.1 Å². The molecule has 1 atom stereocenters. The summed E-state index contributed by atoms with van der Waals surface area (Å²) in [5, 5.41) is 0. The van der Waals surface area contributed by atoms with Gasteiger partial charge in [-0.25, -0.2) is 0 Å². The Bertz CT molecular complexity index is 220. The van der Waals surface area contributed by atoms with Crippen molar-refractivity contribution in [3.63, 3.8) is 0 Å². The van der Waals surface area contributed by atoms with Gasteiger partial charge in [-0.1, -0.05) is 6.92 Å². The van der Waals surface area contributed by atoms with Crippen LogP contribution in [0.4, 0.5) is 0 Å². The van der Waals surface area contributed by atoms with E-state index in [1.54, 1.807) is 0 Å². The Labute approximate surface area is 92.8 Å². The Balaban J connectivity index is 2.31. The average molecular weight is 213 g/mol. The van der Waals surface area contributed by atoms with Crippen LogP contribution >= 0.6 is 0 Å². The topological polar surface area (TPSA) is 29.5 Å². The van der Waals surface area contributed by atoms with E-state index in [4.69, 9.17) is 4.74 Å². The molecule has 1 aliphatic heterocycles. The van der Waals surface area contributed by atoms with Crippen LogP contribution < -0.4 is 0 Å². The third kappa shape index (κ3) is 5.17. The standard InChI is InChI=1S/C12H23NO2/c1-10-6-5-7-13(8-10)9-11(14)15-12(2,3)4/h10H,5-9H2,1-4H3. The van der Waals surface area contributed by atoms with Gasteiger partial charge in [-0.3, -0.25) is 9.69 Å². The summed E-state index contributed by atoms with van der Waals surface area (Å²) in [6.45, 7) is 10.5. The maximum absolute atomic E-state index is 11.6. The zero-order valence-electron chi connectivity index (χ0n) is 10.4. The largest absolute Gasteiger partial charge is 0.459 e. The van der Waals surface area contributed by atoms with Gasteiger partial charge in [-0.05, 0) is 46.1 Å². The number of nitrogens with zero attached hydrogens (tertiary/aromatic N) is 1. The number of esters is 1. The molecular formula is C12H23NO2.